The molecule has 0 saturated carbocycles. The van der Waals surface area contributed by atoms with Crippen LogP contribution in [0.3, 0.4) is 0 Å². The van der Waals surface area contributed by atoms with Crippen molar-refractivity contribution in [2.24, 2.45) is 0 Å². The molecule has 4 heteroatoms. The van der Waals surface area contributed by atoms with E-state index in [1.165, 1.54) is 0 Å². The smallest absolute Gasteiger partial charge is 0.163 e. The van der Waals surface area contributed by atoms with Gasteiger partial charge in [0, 0.05) is 6.42 Å². The van der Waals surface area contributed by atoms with Crippen molar-refractivity contribution < 1.29 is 19.3 Å². The van der Waals surface area contributed by atoms with Gasteiger partial charge in [0.25, 0.3) is 0 Å². The van der Waals surface area contributed by atoms with Crippen LogP contribution >= 0.6 is 0 Å². The Hall–Kier alpha value is -0.160. The Morgan fingerprint density at radius 3 is 2.67 bits per heavy atom. The van der Waals surface area contributed by atoms with E-state index in [-0.39, 0.29) is 12.2 Å². The third kappa shape index (κ3) is 1.47. The van der Waals surface area contributed by atoms with Gasteiger partial charge < -0.3 is 19.3 Å². The molecule has 0 aromatic carbocycles. The molecule has 2 saturated heterocycles. The van der Waals surface area contributed by atoms with Gasteiger partial charge in [0.1, 0.15) is 6.10 Å². The molecule has 3 atom stereocenters. The lowest BCUT2D eigenvalue weighted by atomic mass is 10.1. The lowest BCUT2D eigenvalue weighted by Gasteiger charge is -2.26. The Kier molecular flexibility index (Phi) is 1.88. The largest absolute Gasteiger partial charge is 0.368 e. The number of aliphatic hydroxyl groups excluding tert-OH is 1. The van der Waals surface area contributed by atoms with Crippen LogP contribution in [0.15, 0.2) is 0 Å². The Labute approximate surface area is 71.4 Å². The second-order valence-electron chi connectivity index (χ2n) is 3.74. The zero-order valence-corrected chi connectivity index (χ0v) is 7.32. The lowest BCUT2D eigenvalue weighted by Crippen LogP contribution is -2.39. The minimum absolute atomic E-state index is 0.0104. The summed E-state index contributed by atoms with van der Waals surface area (Å²) in [6.45, 7) is 4.17. The number of fused-ring (bicyclic) bond motifs is 1. The molecular formula is C8H14O4. The van der Waals surface area contributed by atoms with Gasteiger partial charge in [0.2, 0.25) is 0 Å². The number of rotatable bonds is 0. The quantitative estimate of drug-likeness (QED) is 0.571. The van der Waals surface area contributed by atoms with Crippen LogP contribution < -0.4 is 0 Å². The van der Waals surface area contributed by atoms with Gasteiger partial charge in [0.15, 0.2) is 12.1 Å². The molecule has 70 valence electrons. The van der Waals surface area contributed by atoms with Gasteiger partial charge in [-0.2, -0.15) is 0 Å². The van der Waals surface area contributed by atoms with E-state index in [0.29, 0.717) is 13.0 Å². The molecule has 0 radical (unpaired) electrons. The van der Waals surface area contributed by atoms with Gasteiger partial charge in [0.05, 0.1) is 12.7 Å². The van der Waals surface area contributed by atoms with E-state index in [1.807, 2.05) is 13.8 Å². The number of ether oxygens (including phenoxy) is 3. The van der Waals surface area contributed by atoms with Crippen molar-refractivity contribution in [3.63, 3.8) is 0 Å². The molecule has 0 amide bonds. The molecule has 2 aliphatic heterocycles. The highest BCUT2D eigenvalue weighted by molar-refractivity contribution is 4.84. The summed E-state index contributed by atoms with van der Waals surface area (Å²) >= 11 is 0. The molecule has 4 nitrogen and oxygen atoms in total. The SMILES string of the molecule is CC1(C)O[C@H]2CC(O)OC[C@H]2O1. The molecule has 12 heavy (non-hydrogen) atoms. The third-order valence-electron chi connectivity index (χ3n) is 2.17. The number of hydrogen-bond donors (Lipinski definition) is 1. The molecular weight excluding hydrogens is 160 g/mol. The third-order valence-corrected chi connectivity index (χ3v) is 2.17. The van der Waals surface area contributed by atoms with Crippen molar-refractivity contribution in [2.45, 2.75) is 44.6 Å². The van der Waals surface area contributed by atoms with Crippen LogP contribution in [0.1, 0.15) is 20.3 Å². The van der Waals surface area contributed by atoms with Crippen LogP contribution in [0.2, 0.25) is 0 Å². The predicted octanol–water partition coefficient (Wildman–Crippen LogP) is 0.245. The summed E-state index contributed by atoms with van der Waals surface area (Å²) in [5, 5.41) is 9.17. The van der Waals surface area contributed by atoms with E-state index in [4.69, 9.17) is 19.3 Å². The predicted molar refractivity (Wildman–Crippen MR) is 40.4 cm³/mol. The lowest BCUT2D eigenvalue weighted by molar-refractivity contribution is -0.167. The van der Waals surface area contributed by atoms with E-state index < -0.39 is 12.1 Å². The molecule has 2 heterocycles. The average Bonchev–Trinajstić information content (AvgIpc) is 2.21. The fraction of sp³-hybridized carbons (Fsp3) is 1.00. The minimum atomic E-state index is -0.691. The van der Waals surface area contributed by atoms with Gasteiger partial charge in [-0.25, -0.2) is 0 Å². The summed E-state index contributed by atoms with van der Waals surface area (Å²) < 4.78 is 16.1. The van der Waals surface area contributed by atoms with Crippen molar-refractivity contribution in [3.05, 3.63) is 0 Å². The van der Waals surface area contributed by atoms with E-state index in [2.05, 4.69) is 0 Å². The van der Waals surface area contributed by atoms with Crippen LogP contribution in [-0.2, 0) is 14.2 Å². The molecule has 0 bridgehead atoms. The minimum Gasteiger partial charge on any atom is -0.368 e. The molecule has 0 aliphatic carbocycles. The standard InChI is InChI=1S/C8H14O4/c1-8(2)11-5-3-7(9)10-4-6(5)12-8/h5-7,9H,3-4H2,1-2H3/t5-,6+,7?/m0/s1. The Morgan fingerprint density at radius 1 is 1.25 bits per heavy atom. The van der Waals surface area contributed by atoms with Crippen LogP contribution in [0.4, 0.5) is 0 Å². The van der Waals surface area contributed by atoms with Crippen molar-refractivity contribution in [1.29, 1.82) is 0 Å². The van der Waals surface area contributed by atoms with Crippen molar-refractivity contribution in [2.75, 3.05) is 6.61 Å². The first kappa shape index (κ1) is 8.44. The van der Waals surface area contributed by atoms with Crippen LogP contribution in [0.5, 0.6) is 0 Å². The van der Waals surface area contributed by atoms with Crippen LogP contribution in [0, 0.1) is 0 Å². The average molecular weight is 174 g/mol. The van der Waals surface area contributed by atoms with Gasteiger partial charge in [-0.1, -0.05) is 0 Å². The highest BCUT2D eigenvalue weighted by atomic mass is 16.8. The summed E-state index contributed by atoms with van der Waals surface area (Å²) in [5.41, 5.74) is 0. The zero-order chi connectivity index (χ0) is 8.77. The highest BCUT2D eigenvalue weighted by Gasteiger charge is 2.44. The van der Waals surface area contributed by atoms with E-state index in [1.54, 1.807) is 0 Å². The first-order chi connectivity index (χ1) is 5.57. The van der Waals surface area contributed by atoms with Crippen LogP contribution in [0.25, 0.3) is 0 Å². The fourth-order valence-corrected chi connectivity index (χ4v) is 1.72. The number of aliphatic hydroxyl groups is 1. The van der Waals surface area contributed by atoms with Gasteiger partial charge in [-0.05, 0) is 13.8 Å². The van der Waals surface area contributed by atoms with Crippen molar-refractivity contribution in [1.82, 2.24) is 0 Å². The maximum atomic E-state index is 9.17. The molecule has 0 spiro atoms. The summed E-state index contributed by atoms with van der Waals surface area (Å²) in [7, 11) is 0. The number of hydrogen-bond acceptors (Lipinski definition) is 4. The first-order valence-electron chi connectivity index (χ1n) is 4.22. The first-order valence-corrected chi connectivity index (χ1v) is 4.22. The molecule has 2 fully saturated rings. The van der Waals surface area contributed by atoms with E-state index in [9.17, 15) is 0 Å². The Balaban J connectivity index is 2.02. The molecule has 2 aliphatic rings. The Morgan fingerprint density at radius 2 is 1.92 bits per heavy atom. The van der Waals surface area contributed by atoms with E-state index in [0.717, 1.165) is 0 Å². The normalized spacial score (nSPS) is 45.8. The molecule has 0 aromatic rings. The monoisotopic (exact) mass is 174 g/mol. The summed E-state index contributed by atoms with van der Waals surface area (Å²) in [6, 6.07) is 0. The van der Waals surface area contributed by atoms with E-state index >= 15 is 0 Å². The molecule has 2 rings (SSSR count). The van der Waals surface area contributed by atoms with Crippen LogP contribution in [-0.4, -0.2) is 36.0 Å². The van der Waals surface area contributed by atoms with Gasteiger partial charge >= 0.3 is 0 Å². The van der Waals surface area contributed by atoms with Crippen molar-refractivity contribution >= 4 is 0 Å². The summed E-state index contributed by atoms with van der Waals surface area (Å²) in [5.74, 6) is -0.525. The topological polar surface area (TPSA) is 47.9 Å². The maximum absolute atomic E-state index is 9.17. The van der Waals surface area contributed by atoms with Gasteiger partial charge in [-0.3, -0.25) is 0 Å². The van der Waals surface area contributed by atoms with Gasteiger partial charge in [-0.15, -0.1) is 0 Å². The van der Waals surface area contributed by atoms with Crippen molar-refractivity contribution in [3.8, 4) is 0 Å². The summed E-state index contributed by atoms with van der Waals surface area (Å²) in [6.07, 6.45) is -0.204. The summed E-state index contributed by atoms with van der Waals surface area (Å²) in [4.78, 5) is 0. The maximum Gasteiger partial charge on any atom is 0.163 e. The molecule has 1 unspecified atom stereocenters. The Bertz CT molecular complexity index is 180. The second-order valence-corrected chi connectivity index (χ2v) is 3.74. The fourth-order valence-electron chi connectivity index (χ4n) is 1.72. The zero-order valence-electron chi connectivity index (χ0n) is 7.32. The highest BCUT2D eigenvalue weighted by Crippen LogP contribution is 2.33. The molecule has 0 aromatic heterocycles. The second kappa shape index (κ2) is 2.67. The molecule has 1 N–H and O–H groups in total.